The molecule has 2 aliphatic rings. The Labute approximate surface area is 97.1 Å². The number of aromatic amines is 1. The van der Waals surface area contributed by atoms with E-state index in [1.165, 1.54) is 44.9 Å². The standard InChI is InChI=1S/C13H21N3/c1-9-14-13(16-15-9)12-7-6-10-4-2-3-5-11(10)8-12/h10-12H,2-8H2,1H3,(H,14,15,16). The van der Waals surface area contributed by atoms with E-state index in [1.807, 2.05) is 6.92 Å². The number of hydrogen-bond donors (Lipinski definition) is 1. The molecule has 3 atom stereocenters. The molecule has 0 bridgehead atoms. The summed E-state index contributed by atoms with van der Waals surface area (Å²) >= 11 is 0. The van der Waals surface area contributed by atoms with Crippen molar-refractivity contribution in [2.75, 3.05) is 0 Å². The van der Waals surface area contributed by atoms with Gasteiger partial charge in [-0.2, -0.15) is 5.10 Å². The van der Waals surface area contributed by atoms with E-state index in [0.717, 1.165) is 23.5 Å². The lowest BCUT2D eigenvalue weighted by Crippen LogP contribution is -2.27. The molecule has 3 rings (SSSR count). The van der Waals surface area contributed by atoms with Crippen LogP contribution in [-0.2, 0) is 0 Å². The second-order valence-corrected chi connectivity index (χ2v) is 5.59. The molecule has 0 amide bonds. The number of nitrogens with one attached hydrogen (secondary N) is 1. The highest BCUT2D eigenvalue weighted by molar-refractivity contribution is 5.00. The lowest BCUT2D eigenvalue weighted by Gasteiger charge is -2.38. The molecular weight excluding hydrogens is 198 g/mol. The van der Waals surface area contributed by atoms with Crippen LogP contribution in [0.3, 0.4) is 0 Å². The first kappa shape index (κ1) is 10.3. The van der Waals surface area contributed by atoms with Crippen LogP contribution in [0.2, 0.25) is 0 Å². The normalized spacial score (nSPS) is 34.7. The van der Waals surface area contributed by atoms with Gasteiger partial charge in [-0.15, -0.1) is 0 Å². The Bertz CT molecular complexity index is 358. The lowest BCUT2D eigenvalue weighted by atomic mass is 9.67. The van der Waals surface area contributed by atoms with E-state index in [4.69, 9.17) is 0 Å². The van der Waals surface area contributed by atoms with E-state index < -0.39 is 0 Å². The molecule has 1 heterocycles. The van der Waals surface area contributed by atoms with Gasteiger partial charge in [0, 0.05) is 5.92 Å². The van der Waals surface area contributed by atoms with Crippen molar-refractivity contribution in [3.63, 3.8) is 0 Å². The van der Waals surface area contributed by atoms with Crippen LogP contribution >= 0.6 is 0 Å². The maximum Gasteiger partial charge on any atom is 0.153 e. The minimum atomic E-state index is 0.629. The molecule has 88 valence electrons. The second kappa shape index (κ2) is 4.19. The van der Waals surface area contributed by atoms with Gasteiger partial charge >= 0.3 is 0 Å². The minimum Gasteiger partial charge on any atom is -0.263 e. The zero-order chi connectivity index (χ0) is 11.0. The number of aryl methyl sites for hydroxylation is 1. The van der Waals surface area contributed by atoms with Crippen molar-refractivity contribution < 1.29 is 0 Å². The van der Waals surface area contributed by atoms with E-state index in [0.29, 0.717) is 5.92 Å². The molecule has 1 N–H and O–H groups in total. The van der Waals surface area contributed by atoms with Crippen LogP contribution in [0, 0.1) is 18.8 Å². The van der Waals surface area contributed by atoms with E-state index in [2.05, 4.69) is 15.2 Å². The smallest absolute Gasteiger partial charge is 0.153 e. The Kier molecular flexibility index (Phi) is 2.70. The fourth-order valence-electron chi connectivity index (χ4n) is 3.65. The summed E-state index contributed by atoms with van der Waals surface area (Å²) in [6.07, 6.45) is 9.88. The van der Waals surface area contributed by atoms with Crippen LogP contribution in [0.25, 0.3) is 0 Å². The molecule has 1 aromatic rings. The summed E-state index contributed by atoms with van der Waals surface area (Å²) in [4.78, 5) is 4.51. The summed E-state index contributed by atoms with van der Waals surface area (Å²) in [6.45, 7) is 1.99. The van der Waals surface area contributed by atoms with E-state index in [9.17, 15) is 0 Å². The summed E-state index contributed by atoms with van der Waals surface area (Å²) in [6, 6.07) is 0. The number of rotatable bonds is 1. The molecular formula is C13H21N3. The topological polar surface area (TPSA) is 41.6 Å². The van der Waals surface area contributed by atoms with Gasteiger partial charge in [0.1, 0.15) is 5.82 Å². The average molecular weight is 219 g/mol. The van der Waals surface area contributed by atoms with Crippen molar-refractivity contribution in [1.82, 2.24) is 15.2 Å². The van der Waals surface area contributed by atoms with Crippen molar-refractivity contribution in [2.24, 2.45) is 11.8 Å². The Balaban J connectivity index is 1.70. The molecule has 0 aromatic carbocycles. The number of aromatic nitrogens is 3. The molecule has 0 radical (unpaired) electrons. The van der Waals surface area contributed by atoms with E-state index in [-0.39, 0.29) is 0 Å². The third kappa shape index (κ3) is 1.87. The monoisotopic (exact) mass is 219 g/mol. The highest BCUT2D eigenvalue weighted by Crippen LogP contribution is 2.45. The predicted octanol–water partition coefficient (Wildman–Crippen LogP) is 3.19. The molecule has 0 aliphatic heterocycles. The SMILES string of the molecule is Cc1nc(C2CCC3CCCCC3C2)n[nH]1. The Morgan fingerprint density at radius 1 is 1.06 bits per heavy atom. The third-order valence-corrected chi connectivity index (χ3v) is 4.52. The van der Waals surface area contributed by atoms with Gasteiger partial charge < -0.3 is 0 Å². The Morgan fingerprint density at radius 2 is 1.88 bits per heavy atom. The molecule has 2 fully saturated rings. The highest BCUT2D eigenvalue weighted by Gasteiger charge is 2.33. The third-order valence-electron chi connectivity index (χ3n) is 4.52. The Morgan fingerprint density at radius 3 is 2.62 bits per heavy atom. The summed E-state index contributed by atoms with van der Waals surface area (Å²) in [7, 11) is 0. The highest BCUT2D eigenvalue weighted by atomic mass is 15.2. The lowest BCUT2D eigenvalue weighted by molar-refractivity contribution is 0.153. The van der Waals surface area contributed by atoms with Crippen molar-refractivity contribution in [2.45, 2.75) is 57.8 Å². The molecule has 3 nitrogen and oxygen atoms in total. The fraction of sp³-hybridized carbons (Fsp3) is 0.846. The summed E-state index contributed by atoms with van der Waals surface area (Å²) in [5.74, 6) is 4.64. The first-order valence-electron chi connectivity index (χ1n) is 6.72. The summed E-state index contributed by atoms with van der Waals surface area (Å²) in [5.41, 5.74) is 0. The molecule has 3 unspecified atom stereocenters. The van der Waals surface area contributed by atoms with Gasteiger partial charge in [0.15, 0.2) is 5.82 Å². The maximum absolute atomic E-state index is 4.51. The minimum absolute atomic E-state index is 0.629. The fourth-order valence-corrected chi connectivity index (χ4v) is 3.65. The number of H-pyrrole nitrogens is 1. The van der Waals surface area contributed by atoms with Crippen LogP contribution in [-0.4, -0.2) is 15.2 Å². The van der Waals surface area contributed by atoms with Crippen molar-refractivity contribution >= 4 is 0 Å². The molecule has 0 spiro atoms. The molecule has 2 saturated carbocycles. The van der Waals surface area contributed by atoms with E-state index in [1.54, 1.807) is 0 Å². The van der Waals surface area contributed by atoms with Crippen LogP contribution < -0.4 is 0 Å². The Hall–Kier alpha value is -0.860. The zero-order valence-electron chi connectivity index (χ0n) is 10.1. The number of hydrogen-bond acceptors (Lipinski definition) is 2. The maximum atomic E-state index is 4.51. The van der Waals surface area contributed by atoms with Gasteiger partial charge in [0.05, 0.1) is 0 Å². The zero-order valence-corrected chi connectivity index (χ0v) is 10.1. The van der Waals surface area contributed by atoms with Gasteiger partial charge in [0.2, 0.25) is 0 Å². The molecule has 2 aliphatic carbocycles. The van der Waals surface area contributed by atoms with Gasteiger partial charge in [0.25, 0.3) is 0 Å². The molecule has 1 aromatic heterocycles. The van der Waals surface area contributed by atoms with Gasteiger partial charge in [-0.1, -0.05) is 25.7 Å². The average Bonchev–Trinajstić information content (AvgIpc) is 2.75. The molecule has 3 heteroatoms. The van der Waals surface area contributed by atoms with Gasteiger partial charge in [-0.25, -0.2) is 4.98 Å². The van der Waals surface area contributed by atoms with Crippen molar-refractivity contribution in [3.8, 4) is 0 Å². The molecule has 0 saturated heterocycles. The van der Waals surface area contributed by atoms with Crippen LogP contribution in [0.5, 0.6) is 0 Å². The van der Waals surface area contributed by atoms with E-state index >= 15 is 0 Å². The predicted molar refractivity (Wildman–Crippen MR) is 63.2 cm³/mol. The first-order chi connectivity index (χ1) is 7.83. The van der Waals surface area contributed by atoms with Crippen LogP contribution in [0.4, 0.5) is 0 Å². The number of fused-ring (bicyclic) bond motifs is 1. The quantitative estimate of drug-likeness (QED) is 0.788. The van der Waals surface area contributed by atoms with Crippen LogP contribution in [0.15, 0.2) is 0 Å². The van der Waals surface area contributed by atoms with Crippen molar-refractivity contribution in [1.29, 1.82) is 0 Å². The summed E-state index contributed by atoms with van der Waals surface area (Å²) < 4.78 is 0. The van der Waals surface area contributed by atoms with Crippen LogP contribution in [0.1, 0.15) is 62.5 Å². The largest absolute Gasteiger partial charge is 0.263 e. The van der Waals surface area contributed by atoms with Gasteiger partial charge in [-0.3, -0.25) is 5.10 Å². The van der Waals surface area contributed by atoms with Crippen molar-refractivity contribution in [3.05, 3.63) is 11.6 Å². The molecule has 16 heavy (non-hydrogen) atoms. The first-order valence-corrected chi connectivity index (χ1v) is 6.72. The summed E-state index contributed by atoms with van der Waals surface area (Å²) in [5, 5.41) is 7.32. The van der Waals surface area contributed by atoms with Gasteiger partial charge in [-0.05, 0) is 38.0 Å². The second-order valence-electron chi connectivity index (χ2n) is 5.59. The number of nitrogens with zero attached hydrogens (tertiary/aromatic N) is 2.